The summed E-state index contributed by atoms with van der Waals surface area (Å²) in [5, 5.41) is 7.94. The van der Waals surface area contributed by atoms with Crippen molar-refractivity contribution in [2.24, 2.45) is 0 Å². The van der Waals surface area contributed by atoms with Crippen LogP contribution in [0.3, 0.4) is 0 Å². The number of nitrogens with zero attached hydrogens (tertiary/aromatic N) is 3. The van der Waals surface area contributed by atoms with Crippen LogP contribution in [0.2, 0.25) is 0 Å². The van der Waals surface area contributed by atoms with Crippen molar-refractivity contribution in [2.45, 2.75) is 32.4 Å². The number of fused-ring (bicyclic) bond motifs is 1. The molecule has 2 aromatic carbocycles. The lowest BCUT2D eigenvalue weighted by Gasteiger charge is -2.32. The molecule has 4 rings (SSSR count). The van der Waals surface area contributed by atoms with E-state index in [9.17, 15) is 0 Å². The number of aromatic nitrogens is 3. The van der Waals surface area contributed by atoms with E-state index in [0.717, 1.165) is 18.1 Å². The number of nitrogens with one attached hydrogen (secondary N) is 1. The van der Waals surface area contributed by atoms with E-state index < -0.39 is 0 Å². The number of hydrogen-bond acceptors (Lipinski definition) is 4. The highest BCUT2D eigenvalue weighted by Crippen LogP contribution is 2.37. The SMILES string of the molecule is CCOc1ccc([C@H]2C[C@H](c3cccc(C)c3)n3ncnc3N2)cc1. The largest absolute Gasteiger partial charge is 0.494 e. The minimum absolute atomic E-state index is 0.176. The molecular formula is C20H22N4O. The molecule has 0 aliphatic carbocycles. The van der Waals surface area contributed by atoms with Crippen LogP contribution in [0.4, 0.5) is 5.95 Å². The predicted molar refractivity (Wildman–Crippen MR) is 97.9 cm³/mol. The third kappa shape index (κ3) is 3.09. The number of aryl methyl sites for hydroxylation is 1. The molecule has 0 unspecified atom stereocenters. The second-order valence-corrected chi connectivity index (χ2v) is 6.39. The molecule has 2 atom stereocenters. The van der Waals surface area contributed by atoms with Gasteiger partial charge < -0.3 is 10.1 Å². The Morgan fingerprint density at radius 1 is 1.16 bits per heavy atom. The molecule has 0 saturated heterocycles. The first-order chi connectivity index (χ1) is 12.2. The molecule has 3 aromatic rings. The molecular weight excluding hydrogens is 312 g/mol. The third-order valence-electron chi connectivity index (χ3n) is 4.65. The molecule has 0 saturated carbocycles. The Labute approximate surface area is 147 Å². The summed E-state index contributed by atoms with van der Waals surface area (Å²) in [7, 11) is 0. The number of benzene rings is 2. The Kier molecular flexibility index (Phi) is 4.14. The van der Waals surface area contributed by atoms with Crippen LogP contribution in [0.25, 0.3) is 0 Å². The Hall–Kier alpha value is -2.82. The van der Waals surface area contributed by atoms with Crippen LogP contribution in [-0.4, -0.2) is 21.4 Å². The van der Waals surface area contributed by atoms with Gasteiger partial charge in [0.2, 0.25) is 5.95 Å². The second kappa shape index (κ2) is 6.59. The maximum Gasteiger partial charge on any atom is 0.222 e. The third-order valence-corrected chi connectivity index (χ3v) is 4.65. The maximum absolute atomic E-state index is 5.55. The summed E-state index contributed by atoms with van der Waals surface area (Å²) in [5.41, 5.74) is 3.76. The van der Waals surface area contributed by atoms with Gasteiger partial charge in [0.1, 0.15) is 12.1 Å². The van der Waals surface area contributed by atoms with E-state index in [0.29, 0.717) is 6.61 Å². The van der Waals surface area contributed by atoms with Crippen LogP contribution in [0.1, 0.15) is 42.1 Å². The minimum atomic E-state index is 0.176. The Bertz CT molecular complexity index is 856. The zero-order valence-electron chi connectivity index (χ0n) is 14.5. The number of hydrogen-bond donors (Lipinski definition) is 1. The Morgan fingerprint density at radius 2 is 2.00 bits per heavy atom. The molecule has 0 fully saturated rings. The summed E-state index contributed by atoms with van der Waals surface area (Å²) in [5.74, 6) is 1.72. The van der Waals surface area contributed by atoms with Gasteiger partial charge in [-0.1, -0.05) is 42.0 Å². The zero-order chi connectivity index (χ0) is 17.2. The van der Waals surface area contributed by atoms with Crippen molar-refractivity contribution in [3.63, 3.8) is 0 Å². The Morgan fingerprint density at radius 3 is 2.76 bits per heavy atom. The van der Waals surface area contributed by atoms with Gasteiger partial charge in [-0.3, -0.25) is 0 Å². The first-order valence-electron chi connectivity index (χ1n) is 8.70. The lowest BCUT2D eigenvalue weighted by Crippen LogP contribution is -2.28. The number of anilines is 1. The van der Waals surface area contributed by atoms with Gasteiger partial charge in [-0.2, -0.15) is 10.1 Å². The lowest BCUT2D eigenvalue weighted by molar-refractivity contribution is 0.340. The topological polar surface area (TPSA) is 52.0 Å². The molecule has 1 aromatic heterocycles. The van der Waals surface area contributed by atoms with E-state index in [1.54, 1.807) is 6.33 Å². The molecule has 128 valence electrons. The van der Waals surface area contributed by atoms with Crippen molar-refractivity contribution in [2.75, 3.05) is 11.9 Å². The molecule has 2 heterocycles. The number of ether oxygens (including phenoxy) is 1. The molecule has 0 spiro atoms. The van der Waals surface area contributed by atoms with Crippen molar-refractivity contribution < 1.29 is 4.74 Å². The average Bonchev–Trinajstić information content (AvgIpc) is 3.10. The van der Waals surface area contributed by atoms with Gasteiger partial charge in [0.15, 0.2) is 0 Å². The van der Waals surface area contributed by atoms with Gasteiger partial charge in [0.05, 0.1) is 18.7 Å². The molecule has 25 heavy (non-hydrogen) atoms. The smallest absolute Gasteiger partial charge is 0.222 e. The highest BCUT2D eigenvalue weighted by Gasteiger charge is 2.29. The summed E-state index contributed by atoms with van der Waals surface area (Å²) >= 11 is 0. The molecule has 0 amide bonds. The first-order valence-corrected chi connectivity index (χ1v) is 8.70. The standard InChI is InChI=1S/C20H22N4O/c1-3-25-17-9-7-15(8-10-17)18-12-19(16-6-4-5-14(2)11-16)24-20(23-18)21-13-22-24/h4-11,13,18-19H,3,12H2,1-2H3,(H,21,22,23)/t18-,19-/m1/s1. The highest BCUT2D eigenvalue weighted by molar-refractivity contribution is 5.40. The van der Waals surface area contributed by atoms with Gasteiger partial charge in [0.25, 0.3) is 0 Å². The van der Waals surface area contributed by atoms with Crippen molar-refractivity contribution in [1.29, 1.82) is 0 Å². The van der Waals surface area contributed by atoms with Crippen molar-refractivity contribution >= 4 is 5.95 Å². The fraction of sp³-hybridized carbons (Fsp3) is 0.300. The van der Waals surface area contributed by atoms with E-state index >= 15 is 0 Å². The van der Waals surface area contributed by atoms with Crippen molar-refractivity contribution in [3.8, 4) is 5.75 Å². The summed E-state index contributed by atoms with van der Waals surface area (Å²) in [6.45, 7) is 4.80. The predicted octanol–water partition coefficient (Wildman–Crippen LogP) is 4.13. The number of rotatable bonds is 4. The molecule has 0 radical (unpaired) electrons. The van der Waals surface area contributed by atoms with E-state index in [1.807, 2.05) is 23.7 Å². The highest BCUT2D eigenvalue weighted by atomic mass is 16.5. The van der Waals surface area contributed by atoms with Crippen molar-refractivity contribution in [3.05, 3.63) is 71.5 Å². The van der Waals surface area contributed by atoms with Crippen LogP contribution in [0.5, 0.6) is 5.75 Å². The van der Waals surface area contributed by atoms with Crippen LogP contribution in [0, 0.1) is 6.92 Å². The van der Waals surface area contributed by atoms with Crippen LogP contribution < -0.4 is 10.1 Å². The quantitative estimate of drug-likeness (QED) is 0.779. The minimum Gasteiger partial charge on any atom is -0.494 e. The van der Waals surface area contributed by atoms with E-state index in [1.165, 1.54) is 16.7 Å². The Balaban J connectivity index is 1.66. The van der Waals surface area contributed by atoms with E-state index in [4.69, 9.17) is 4.74 Å². The fourth-order valence-corrected chi connectivity index (χ4v) is 3.46. The van der Waals surface area contributed by atoms with E-state index in [2.05, 4.69) is 58.7 Å². The summed E-state index contributed by atoms with van der Waals surface area (Å²) < 4.78 is 7.53. The van der Waals surface area contributed by atoms with Gasteiger partial charge in [0, 0.05) is 0 Å². The van der Waals surface area contributed by atoms with Gasteiger partial charge >= 0.3 is 0 Å². The maximum atomic E-state index is 5.55. The molecule has 0 bridgehead atoms. The monoisotopic (exact) mass is 334 g/mol. The second-order valence-electron chi connectivity index (χ2n) is 6.39. The zero-order valence-corrected chi connectivity index (χ0v) is 14.5. The van der Waals surface area contributed by atoms with Gasteiger partial charge in [-0.15, -0.1) is 0 Å². The molecule has 5 heteroatoms. The average molecular weight is 334 g/mol. The van der Waals surface area contributed by atoms with Crippen LogP contribution >= 0.6 is 0 Å². The molecule has 1 aliphatic rings. The first kappa shape index (κ1) is 15.7. The molecule has 1 N–H and O–H groups in total. The van der Waals surface area contributed by atoms with Gasteiger partial charge in [-0.05, 0) is 43.5 Å². The van der Waals surface area contributed by atoms with Gasteiger partial charge in [-0.25, -0.2) is 4.68 Å². The lowest BCUT2D eigenvalue weighted by atomic mass is 9.92. The summed E-state index contributed by atoms with van der Waals surface area (Å²) in [4.78, 5) is 4.39. The summed E-state index contributed by atoms with van der Waals surface area (Å²) in [6, 6.07) is 17.3. The van der Waals surface area contributed by atoms with Crippen LogP contribution in [0.15, 0.2) is 54.9 Å². The fourth-order valence-electron chi connectivity index (χ4n) is 3.46. The molecule has 5 nitrogen and oxygen atoms in total. The van der Waals surface area contributed by atoms with Crippen molar-refractivity contribution in [1.82, 2.24) is 14.8 Å². The summed E-state index contributed by atoms with van der Waals surface area (Å²) in [6.07, 6.45) is 2.54. The van der Waals surface area contributed by atoms with E-state index in [-0.39, 0.29) is 12.1 Å². The molecule has 1 aliphatic heterocycles. The van der Waals surface area contributed by atoms with Crippen LogP contribution in [-0.2, 0) is 0 Å². The normalized spacial score (nSPS) is 19.1.